The molecule has 188 valence electrons. The molecule has 1 aliphatic heterocycles. The minimum Gasteiger partial charge on any atom is -0.292 e. The molecule has 2 aliphatic rings. The SMILES string of the molecule is CC1=CC[C@@H]2C(=O)N(N(C(=O)c3ccc(Cl)cc3Cl)[C@H](CCCl)C(=O)c3ccc(F)cc3)C(=O)[C@H]2C1. The normalized spacial score (nSPS) is 20.1. The Kier molecular flexibility index (Phi) is 7.83. The van der Waals surface area contributed by atoms with Gasteiger partial charge in [-0.05, 0) is 68.7 Å². The molecule has 3 amide bonds. The number of allylic oxidation sites excluding steroid dienone is 2. The van der Waals surface area contributed by atoms with E-state index in [0.29, 0.717) is 12.8 Å². The van der Waals surface area contributed by atoms with E-state index >= 15 is 0 Å². The van der Waals surface area contributed by atoms with Gasteiger partial charge in [0.1, 0.15) is 11.9 Å². The number of imide groups is 1. The Morgan fingerprint density at radius 3 is 2.39 bits per heavy atom. The molecule has 0 unspecified atom stereocenters. The first kappa shape index (κ1) is 26.3. The lowest BCUT2D eigenvalue weighted by Gasteiger charge is -2.36. The smallest absolute Gasteiger partial charge is 0.275 e. The van der Waals surface area contributed by atoms with Gasteiger partial charge in [0.2, 0.25) is 0 Å². The van der Waals surface area contributed by atoms with Crippen molar-refractivity contribution in [2.24, 2.45) is 11.8 Å². The Bertz CT molecular complexity index is 1260. The van der Waals surface area contributed by atoms with E-state index in [1.807, 2.05) is 13.0 Å². The number of fused-ring (bicyclic) bond motifs is 1. The average Bonchev–Trinajstić information content (AvgIpc) is 3.08. The van der Waals surface area contributed by atoms with Crippen LogP contribution in [0.1, 0.15) is 46.9 Å². The summed E-state index contributed by atoms with van der Waals surface area (Å²) in [6.45, 7) is 1.88. The molecule has 1 aliphatic carbocycles. The molecule has 2 aromatic rings. The standard InChI is InChI=1S/C26H22Cl3FN2O4/c1-14-2-8-18-20(12-14)26(36)32(24(18)34)31(25(35)19-9-5-16(28)13-21(19)29)22(10-11-27)23(33)15-3-6-17(30)7-4-15/h2-7,9,13,18,20,22H,8,10-12H2,1H3/t18-,20-,22+/m0/s1. The summed E-state index contributed by atoms with van der Waals surface area (Å²) in [4.78, 5) is 54.6. The Labute approximate surface area is 222 Å². The fourth-order valence-corrected chi connectivity index (χ4v) is 5.36. The lowest BCUT2D eigenvalue weighted by atomic mass is 9.82. The quantitative estimate of drug-likeness (QED) is 0.191. The average molecular weight is 552 g/mol. The van der Waals surface area contributed by atoms with Crippen LogP contribution in [-0.2, 0) is 9.59 Å². The molecule has 1 saturated heterocycles. The first-order valence-corrected chi connectivity index (χ1v) is 12.6. The fourth-order valence-electron chi connectivity index (χ4n) is 4.66. The molecule has 0 radical (unpaired) electrons. The van der Waals surface area contributed by atoms with Gasteiger partial charge in [0.05, 0.1) is 22.4 Å². The van der Waals surface area contributed by atoms with E-state index in [4.69, 9.17) is 34.8 Å². The molecular formula is C26H22Cl3FN2O4. The summed E-state index contributed by atoms with van der Waals surface area (Å²) >= 11 is 18.3. The van der Waals surface area contributed by atoms with E-state index in [1.54, 1.807) is 0 Å². The van der Waals surface area contributed by atoms with Crippen LogP contribution in [0.15, 0.2) is 54.1 Å². The lowest BCUT2D eigenvalue weighted by Crippen LogP contribution is -2.57. The second-order valence-electron chi connectivity index (χ2n) is 8.83. The Morgan fingerprint density at radius 1 is 1.08 bits per heavy atom. The Hall–Kier alpha value is -2.74. The minimum atomic E-state index is -1.32. The maximum Gasteiger partial charge on any atom is 0.275 e. The van der Waals surface area contributed by atoms with Crippen LogP contribution in [0.4, 0.5) is 4.39 Å². The van der Waals surface area contributed by atoms with E-state index in [2.05, 4.69) is 0 Å². The predicted octanol–water partition coefficient (Wildman–Crippen LogP) is 5.71. The number of nitrogens with zero attached hydrogens (tertiary/aromatic N) is 2. The third kappa shape index (κ3) is 4.92. The van der Waals surface area contributed by atoms with Crippen molar-refractivity contribution in [1.29, 1.82) is 0 Å². The number of halogens is 4. The molecular weight excluding hydrogens is 530 g/mol. The van der Waals surface area contributed by atoms with E-state index in [0.717, 1.165) is 27.7 Å². The molecule has 1 heterocycles. The number of carbonyl (C=O) groups excluding carboxylic acids is 4. The molecule has 0 spiro atoms. The van der Waals surface area contributed by atoms with Gasteiger partial charge in [-0.25, -0.2) is 9.40 Å². The molecule has 0 bridgehead atoms. The van der Waals surface area contributed by atoms with E-state index in [1.165, 1.54) is 30.3 Å². The van der Waals surface area contributed by atoms with Gasteiger partial charge in [0.25, 0.3) is 17.7 Å². The Morgan fingerprint density at radius 2 is 1.75 bits per heavy atom. The molecule has 2 aromatic carbocycles. The number of carbonyl (C=O) groups is 4. The predicted molar refractivity (Wildman–Crippen MR) is 134 cm³/mol. The Balaban J connectivity index is 1.83. The third-order valence-corrected chi connectivity index (χ3v) is 7.26. The summed E-state index contributed by atoms with van der Waals surface area (Å²) in [5.41, 5.74) is 1.02. The van der Waals surface area contributed by atoms with Crippen molar-refractivity contribution >= 4 is 58.3 Å². The molecule has 0 aromatic heterocycles. The van der Waals surface area contributed by atoms with E-state index in [-0.39, 0.29) is 33.5 Å². The molecule has 4 rings (SSSR count). The van der Waals surface area contributed by atoms with Gasteiger partial charge in [-0.3, -0.25) is 19.2 Å². The fraction of sp³-hybridized carbons (Fsp3) is 0.308. The summed E-state index contributed by atoms with van der Waals surface area (Å²) in [5.74, 6) is -4.45. The number of hydrogen-bond acceptors (Lipinski definition) is 4. The van der Waals surface area contributed by atoms with Crippen LogP contribution in [-0.4, -0.2) is 45.4 Å². The molecule has 0 N–H and O–H groups in total. The molecule has 0 saturated carbocycles. The number of rotatable bonds is 7. The van der Waals surface area contributed by atoms with Crippen LogP contribution in [0.25, 0.3) is 0 Å². The monoisotopic (exact) mass is 550 g/mol. The van der Waals surface area contributed by atoms with Gasteiger partial charge in [0.15, 0.2) is 5.78 Å². The number of hydrazine groups is 1. The van der Waals surface area contributed by atoms with Crippen molar-refractivity contribution in [2.75, 3.05) is 5.88 Å². The number of Topliss-reactive ketones (excluding diaryl/α,β-unsaturated/α-hetero) is 1. The minimum absolute atomic E-state index is 0.00891. The number of alkyl halides is 1. The molecule has 1 fully saturated rings. The largest absolute Gasteiger partial charge is 0.292 e. The zero-order chi connectivity index (χ0) is 26.1. The number of hydrogen-bond donors (Lipinski definition) is 0. The van der Waals surface area contributed by atoms with Gasteiger partial charge in [-0.2, -0.15) is 5.01 Å². The zero-order valence-electron chi connectivity index (χ0n) is 19.2. The number of amides is 3. The number of ketones is 1. The van der Waals surface area contributed by atoms with Crippen LogP contribution in [0.2, 0.25) is 10.0 Å². The third-order valence-electron chi connectivity index (χ3n) is 6.49. The maximum atomic E-state index is 13.9. The highest BCUT2D eigenvalue weighted by molar-refractivity contribution is 6.36. The van der Waals surface area contributed by atoms with Gasteiger partial charge in [-0.1, -0.05) is 34.9 Å². The molecule has 3 atom stereocenters. The number of benzene rings is 2. The first-order valence-electron chi connectivity index (χ1n) is 11.3. The topological polar surface area (TPSA) is 74.8 Å². The van der Waals surface area contributed by atoms with E-state index < -0.39 is 47.2 Å². The highest BCUT2D eigenvalue weighted by atomic mass is 35.5. The highest BCUT2D eigenvalue weighted by Crippen LogP contribution is 2.40. The summed E-state index contributed by atoms with van der Waals surface area (Å²) < 4.78 is 13.5. The van der Waals surface area contributed by atoms with Crippen molar-refractivity contribution in [1.82, 2.24) is 10.0 Å². The van der Waals surface area contributed by atoms with Crippen molar-refractivity contribution in [3.63, 3.8) is 0 Å². The second-order valence-corrected chi connectivity index (χ2v) is 10.1. The molecule has 36 heavy (non-hydrogen) atoms. The summed E-state index contributed by atoms with van der Waals surface area (Å²) in [6.07, 6.45) is 2.56. The molecule has 6 nitrogen and oxygen atoms in total. The van der Waals surface area contributed by atoms with Crippen molar-refractivity contribution in [3.05, 3.63) is 81.1 Å². The maximum absolute atomic E-state index is 13.9. The first-order chi connectivity index (χ1) is 17.1. The van der Waals surface area contributed by atoms with Gasteiger partial charge >= 0.3 is 0 Å². The summed E-state index contributed by atoms with van der Waals surface area (Å²) in [6, 6.07) is 7.61. The lowest BCUT2D eigenvalue weighted by molar-refractivity contribution is -0.156. The zero-order valence-corrected chi connectivity index (χ0v) is 21.5. The summed E-state index contributed by atoms with van der Waals surface area (Å²) in [5, 5.41) is 1.93. The van der Waals surface area contributed by atoms with Crippen molar-refractivity contribution in [2.45, 2.75) is 32.2 Å². The van der Waals surface area contributed by atoms with Gasteiger partial charge in [-0.15, -0.1) is 11.6 Å². The summed E-state index contributed by atoms with van der Waals surface area (Å²) in [7, 11) is 0. The van der Waals surface area contributed by atoms with Gasteiger partial charge < -0.3 is 0 Å². The van der Waals surface area contributed by atoms with Crippen LogP contribution in [0, 0.1) is 17.7 Å². The van der Waals surface area contributed by atoms with Crippen molar-refractivity contribution in [3.8, 4) is 0 Å². The molecule has 10 heteroatoms. The van der Waals surface area contributed by atoms with Crippen LogP contribution >= 0.6 is 34.8 Å². The van der Waals surface area contributed by atoms with Crippen LogP contribution in [0.3, 0.4) is 0 Å². The second kappa shape index (κ2) is 10.7. The highest BCUT2D eigenvalue weighted by Gasteiger charge is 2.53. The van der Waals surface area contributed by atoms with Crippen LogP contribution in [0.5, 0.6) is 0 Å². The van der Waals surface area contributed by atoms with Crippen LogP contribution < -0.4 is 0 Å². The van der Waals surface area contributed by atoms with Crippen molar-refractivity contribution < 1.29 is 23.6 Å². The van der Waals surface area contributed by atoms with Gasteiger partial charge in [0, 0.05) is 16.5 Å². The van der Waals surface area contributed by atoms with E-state index in [9.17, 15) is 23.6 Å².